The smallest absolute Gasteiger partial charge is 0.124 e. The molecule has 2 aromatic rings. The predicted octanol–water partition coefficient (Wildman–Crippen LogP) is 5.29. The first-order valence-corrected chi connectivity index (χ1v) is 7.40. The molecular formula is C16H14BrF2N. The van der Waals surface area contributed by atoms with Gasteiger partial charge in [-0.2, -0.15) is 0 Å². The summed E-state index contributed by atoms with van der Waals surface area (Å²) in [6.07, 6.45) is 2.32. The highest BCUT2D eigenvalue weighted by atomic mass is 79.9. The molecule has 4 heteroatoms. The maximum Gasteiger partial charge on any atom is 0.124 e. The number of anilines is 1. The zero-order valence-corrected chi connectivity index (χ0v) is 12.3. The van der Waals surface area contributed by atoms with E-state index in [0.29, 0.717) is 10.4 Å². The molecule has 0 amide bonds. The predicted molar refractivity (Wildman–Crippen MR) is 79.6 cm³/mol. The van der Waals surface area contributed by atoms with Crippen molar-refractivity contribution in [2.45, 2.75) is 18.9 Å². The minimum atomic E-state index is -0.271. The van der Waals surface area contributed by atoms with E-state index in [2.05, 4.69) is 21.2 Å². The molecule has 0 radical (unpaired) electrons. The van der Waals surface area contributed by atoms with Crippen LogP contribution in [0.1, 0.15) is 24.4 Å². The van der Waals surface area contributed by atoms with E-state index < -0.39 is 0 Å². The van der Waals surface area contributed by atoms with Crippen LogP contribution in [-0.4, -0.2) is 0 Å². The Hall–Kier alpha value is -1.42. The Bertz CT molecular complexity index is 608. The van der Waals surface area contributed by atoms with Crippen LogP contribution in [0, 0.1) is 17.6 Å². The molecule has 104 valence electrons. The van der Waals surface area contributed by atoms with E-state index in [1.165, 1.54) is 24.3 Å². The monoisotopic (exact) mass is 337 g/mol. The van der Waals surface area contributed by atoms with Crippen LogP contribution in [0.25, 0.3) is 0 Å². The number of hydrogen-bond donors (Lipinski definition) is 1. The number of benzene rings is 2. The highest BCUT2D eigenvalue weighted by Crippen LogP contribution is 2.43. The molecule has 1 aliphatic rings. The number of halogens is 3. The van der Waals surface area contributed by atoms with E-state index in [0.717, 1.165) is 24.1 Å². The second-order valence-corrected chi connectivity index (χ2v) is 5.99. The number of hydrogen-bond acceptors (Lipinski definition) is 1. The summed E-state index contributed by atoms with van der Waals surface area (Å²) in [5.41, 5.74) is 1.91. The summed E-state index contributed by atoms with van der Waals surface area (Å²) in [5.74, 6) is 0.0517. The highest BCUT2D eigenvalue weighted by Gasteiger charge is 2.32. The Morgan fingerprint density at radius 1 is 1.00 bits per heavy atom. The van der Waals surface area contributed by atoms with Gasteiger partial charge in [-0.25, -0.2) is 8.78 Å². The fourth-order valence-corrected chi connectivity index (χ4v) is 2.81. The molecule has 0 bridgehead atoms. The van der Waals surface area contributed by atoms with E-state index in [1.54, 1.807) is 6.07 Å². The standard InChI is InChI=1S/C16H14BrF2N/c17-14-9-13(19)7-8-15(14)20-16(10-1-2-10)11-3-5-12(18)6-4-11/h3-10,16,20H,1-2H2. The highest BCUT2D eigenvalue weighted by molar-refractivity contribution is 9.10. The van der Waals surface area contributed by atoms with Gasteiger partial charge in [-0.3, -0.25) is 0 Å². The van der Waals surface area contributed by atoms with Crippen LogP contribution in [0.3, 0.4) is 0 Å². The molecule has 1 N–H and O–H groups in total. The lowest BCUT2D eigenvalue weighted by Crippen LogP contribution is -2.13. The molecule has 0 aromatic heterocycles. The van der Waals surface area contributed by atoms with Gasteiger partial charge in [0, 0.05) is 10.2 Å². The number of nitrogens with one attached hydrogen (secondary N) is 1. The normalized spacial score (nSPS) is 15.9. The first-order valence-electron chi connectivity index (χ1n) is 6.60. The van der Waals surface area contributed by atoms with Crippen molar-refractivity contribution in [2.75, 3.05) is 5.32 Å². The third kappa shape index (κ3) is 3.01. The zero-order valence-electron chi connectivity index (χ0n) is 10.7. The van der Waals surface area contributed by atoms with Crippen LogP contribution >= 0.6 is 15.9 Å². The number of rotatable bonds is 4. The summed E-state index contributed by atoms with van der Waals surface area (Å²) >= 11 is 3.37. The first-order chi connectivity index (χ1) is 9.63. The summed E-state index contributed by atoms with van der Waals surface area (Å²) in [5, 5.41) is 3.44. The van der Waals surface area contributed by atoms with Gasteiger partial charge in [0.1, 0.15) is 11.6 Å². The third-order valence-electron chi connectivity index (χ3n) is 3.56. The minimum Gasteiger partial charge on any atom is -0.377 e. The fraction of sp³-hybridized carbons (Fsp3) is 0.250. The molecule has 1 atom stereocenters. The quantitative estimate of drug-likeness (QED) is 0.799. The maximum atomic E-state index is 13.1. The lowest BCUT2D eigenvalue weighted by atomic mass is 10.0. The van der Waals surface area contributed by atoms with E-state index >= 15 is 0 Å². The van der Waals surface area contributed by atoms with Crippen LogP contribution in [0.15, 0.2) is 46.9 Å². The van der Waals surface area contributed by atoms with Gasteiger partial charge in [0.2, 0.25) is 0 Å². The fourth-order valence-electron chi connectivity index (χ4n) is 2.35. The first kappa shape index (κ1) is 13.6. The molecule has 3 rings (SSSR count). The molecule has 1 unspecified atom stereocenters. The van der Waals surface area contributed by atoms with Gasteiger partial charge in [0.15, 0.2) is 0 Å². The second-order valence-electron chi connectivity index (χ2n) is 5.14. The Kier molecular flexibility index (Phi) is 3.74. The van der Waals surface area contributed by atoms with Gasteiger partial charge in [-0.05, 0) is 70.6 Å². The maximum absolute atomic E-state index is 13.1. The Morgan fingerprint density at radius 2 is 1.65 bits per heavy atom. The van der Waals surface area contributed by atoms with E-state index in [1.807, 2.05) is 12.1 Å². The molecule has 1 aliphatic carbocycles. The lowest BCUT2D eigenvalue weighted by molar-refractivity contribution is 0.621. The molecule has 0 saturated heterocycles. The summed E-state index contributed by atoms with van der Waals surface area (Å²) in [4.78, 5) is 0. The van der Waals surface area contributed by atoms with Gasteiger partial charge < -0.3 is 5.32 Å². The van der Waals surface area contributed by atoms with Gasteiger partial charge in [-0.1, -0.05) is 12.1 Å². The molecule has 0 heterocycles. The SMILES string of the molecule is Fc1ccc(C(Nc2ccc(F)cc2Br)C2CC2)cc1. The Balaban J connectivity index is 1.86. The van der Waals surface area contributed by atoms with Crippen molar-refractivity contribution in [3.63, 3.8) is 0 Å². The molecule has 20 heavy (non-hydrogen) atoms. The van der Waals surface area contributed by atoms with Gasteiger partial charge in [-0.15, -0.1) is 0 Å². The second kappa shape index (κ2) is 5.52. The van der Waals surface area contributed by atoms with Gasteiger partial charge >= 0.3 is 0 Å². The van der Waals surface area contributed by atoms with Crippen molar-refractivity contribution in [3.05, 3.63) is 64.1 Å². The van der Waals surface area contributed by atoms with Crippen LogP contribution in [-0.2, 0) is 0 Å². The molecule has 1 fully saturated rings. The summed E-state index contributed by atoms with van der Waals surface area (Å²) < 4.78 is 26.9. The van der Waals surface area contributed by atoms with Crippen molar-refractivity contribution in [2.24, 2.45) is 5.92 Å². The van der Waals surface area contributed by atoms with Crippen LogP contribution < -0.4 is 5.32 Å². The van der Waals surface area contributed by atoms with E-state index in [9.17, 15) is 8.78 Å². The zero-order chi connectivity index (χ0) is 14.1. The van der Waals surface area contributed by atoms with Crippen LogP contribution in [0.5, 0.6) is 0 Å². The molecule has 2 aromatic carbocycles. The molecule has 1 saturated carbocycles. The van der Waals surface area contributed by atoms with E-state index in [4.69, 9.17) is 0 Å². The summed E-state index contributed by atoms with van der Waals surface area (Å²) in [7, 11) is 0. The summed E-state index contributed by atoms with van der Waals surface area (Å²) in [6, 6.07) is 11.3. The Labute approximate surface area is 125 Å². The summed E-state index contributed by atoms with van der Waals surface area (Å²) in [6.45, 7) is 0. The average molecular weight is 338 g/mol. The van der Waals surface area contributed by atoms with Gasteiger partial charge in [0.25, 0.3) is 0 Å². The van der Waals surface area contributed by atoms with Gasteiger partial charge in [0.05, 0.1) is 6.04 Å². The van der Waals surface area contributed by atoms with Crippen molar-refractivity contribution in [1.29, 1.82) is 0 Å². The van der Waals surface area contributed by atoms with Crippen LogP contribution in [0.2, 0.25) is 0 Å². The van der Waals surface area contributed by atoms with E-state index in [-0.39, 0.29) is 17.7 Å². The minimum absolute atomic E-state index is 0.136. The average Bonchev–Trinajstić information content (AvgIpc) is 3.24. The van der Waals surface area contributed by atoms with Crippen molar-refractivity contribution < 1.29 is 8.78 Å². The third-order valence-corrected chi connectivity index (χ3v) is 4.22. The largest absolute Gasteiger partial charge is 0.377 e. The molecule has 0 spiro atoms. The molecular weight excluding hydrogens is 324 g/mol. The Morgan fingerprint density at radius 3 is 2.25 bits per heavy atom. The molecule has 0 aliphatic heterocycles. The van der Waals surface area contributed by atoms with Crippen molar-refractivity contribution >= 4 is 21.6 Å². The van der Waals surface area contributed by atoms with Crippen molar-refractivity contribution in [1.82, 2.24) is 0 Å². The molecule has 1 nitrogen and oxygen atoms in total. The topological polar surface area (TPSA) is 12.0 Å². The van der Waals surface area contributed by atoms with Crippen molar-refractivity contribution in [3.8, 4) is 0 Å². The lowest BCUT2D eigenvalue weighted by Gasteiger charge is -2.21. The van der Waals surface area contributed by atoms with Crippen LogP contribution in [0.4, 0.5) is 14.5 Å².